The largest absolute Gasteiger partial charge is 0.340 e. The van der Waals surface area contributed by atoms with Crippen molar-refractivity contribution in [3.63, 3.8) is 0 Å². The molecule has 0 saturated carbocycles. The van der Waals surface area contributed by atoms with E-state index in [1.807, 2.05) is 60.9 Å². The summed E-state index contributed by atoms with van der Waals surface area (Å²) in [5.41, 5.74) is 9.65. The molecule has 6 heteroatoms. The standard InChI is InChI=1S/C22H20Cl2N4/c23-15-3-5-17-19(13-15)26-10-7-21(17)28(12-2-1-9-25)22-8-11-27-20-14-16(24)4-6-18(20)22/h3-8,10-11,13-14H,1-2,9,12,25H2. The van der Waals surface area contributed by atoms with Gasteiger partial charge in [-0.05, 0) is 67.9 Å². The van der Waals surface area contributed by atoms with Gasteiger partial charge in [0.05, 0.1) is 22.4 Å². The third-order valence-electron chi connectivity index (χ3n) is 4.78. The zero-order valence-corrected chi connectivity index (χ0v) is 16.8. The summed E-state index contributed by atoms with van der Waals surface area (Å²) in [6.45, 7) is 1.51. The third kappa shape index (κ3) is 3.76. The summed E-state index contributed by atoms with van der Waals surface area (Å²) in [7, 11) is 0. The smallest absolute Gasteiger partial charge is 0.0737 e. The molecule has 0 radical (unpaired) electrons. The van der Waals surface area contributed by atoms with Crippen LogP contribution in [0.3, 0.4) is 0 Å². The molecule has 2 aromatic carbocycles. The van der Waals surface area contributed by atoms with Crippen molar-refractivity contribution in [1.82, 2.24) is 9.97 Å². The van der Waals surface area contributed by atoms with E-state index in [1.54, 1.807) is 0 Å². The Hall–Kier alpha value is -2.40. The van der Waals surface area contributed by atoms with E-state index >= 15 is 0 Å². The van der Waals surface area contributed by atoms with Gasteiger partial charge in [-0.15, -0.1) is 0 Å². The van der Waals surface area contributed by atoms with Crippen LogP contribution in [0.25, 0.3) is 21.8 Å². The molecule has 0 amide bonds. The highest BCUT2D eigenvalue weighted by Gasteiger charge is 2.16. The number of hydrogen-bond donors (Lipinski definition) is 1. The monoisotopic (exact) mass is 410 g/mol. The van der Waals surface area contributed by atoms with Gasteiger partial charge in [0, 0.05) is 39.8 Å². The zero-order chi connectivity index (χ0) is 19.5. The number of nitrogens with two attached hydrogens (primary N) is 1. The maximum Gasteiger partial charge on any atom is 0.0737 e. The van der Waals surface area contributed by atoms with Gasteiger partial charge in [0.15, 0.2) is 0 Å². The average Bonchev–Trinajstić information content (AvgIpc) is 2.70. The number of pyridine rings is 2. The van der Waals surface area contributed by atoms with Crippen molar-refractivity contribution < 1.29 is 0 Å². The number of aromatic nitrogens is 2. The minimum Gasteiger partial charge on any atom is -0.340 e. The maximum atomic E-state index is 6.17. The Morgan fingerprint density at radius 3 is 1.79 bits per heavy atom. The number of nitrogens with zero attached hydrogens (tertiary/aromatic N) is 3. The van der Waals surface area contributed by atoms with Crippen molar-refractivity contribution in [2.24, 2.45) is 5.73 Å². The second-order valence-electron chi connectivity index (χ2n) is 6.63. The minimum absolute atomic E-state index is 0.674. The van der Waals surface area contributed by atoms with Gasteiger partial charge in [0.1, 0.15) is 0 Å². The molecule has 4 aromatic rings. The molecule has 142 valence electrons. The molecule has 0 aliphatic rings. The zero-order valence-electron chi connectivity index (χ0n) is 15.3. The van der Waals surface area contributed by atoms with Crippen molar-refractivity contribution >= 4 is 56.4 Å². The van der Waals surface area contributed by atoms with E-state index in [1.165, 1.54) is 0 Å². The predicted molar refractivity (Wildman–Crippen MR) is 119 cm³/mol. The summed E-state index contributed by atoms with van der Waals surface area (Å²) in [5, 5.41) is 3.46. The molecule has 0 unspecified atom stereocenters. The molecule has 0 aliphatic carbocycles. The van der Waals surface area contributed by atoms with E-state index < -0.39 is 0 Å². The molecule has 2 aromatic heterocycles. The Labute approximate surface area is 173 Å². The molecule has 0 fully saturated rings. The first kappa shape index (κ1) is 18.9. The number of fused-ring (bicyclic) bond motifs is 2. The predicted octanol–water partition coefficient (Wildman–Crippen LogP) is 5.97. The van der Waals surface area contributed by atoms with Crippen LogP contribution in [0.15, 0.2) is 60.9 Å². The fourth-order valence-corrected chi connectivity index (χ4v) is 3.80. The fraction of sp³-hybridized carbons (Fsp3) is 0.182. The summed E-state index contributed by atoms with van der Waals surface area (Å²) in [5.74, 6) is 0. The van der Waals surface area contributed by atoms with Crippen molar-refractivity contribution in [3.05, 3.63) is 71.0 Å². The van der Waals surface area contributed by atoms with Gasteiger partial charge >= 0.3 is 0 Å². The van der Waals surface area contributed by atoms with Gasteiger partial charge in [-0.2, -0.15) is 0 Å². The fourth-order valence-electron chi connectivity index (χ4n) is 3.47. The number of unbranched alkanes of at least 4 members (excludes halogenated alkanes) is 1. The Balaban J connectivity index is 1.90. The van der Waals surface area contributed by atoms with Gasteiger partial charge in [-0.3, -0.25) is 9.97 Å². The first-order chi connectivity index (χ1) is 13.7. The molecule has 2 heterocycles. The Morgan fingerprint density at radius 1 is 0.750 bits per heavy atom. The highest BCUT2D eigenvalue weighted by molar-refractivity contribution is 6.31. The van der Waals surface area contributed by atoms with Crippen LogP contribution in [0.5, 0.6) is 0 Å². The first-order valence-corrected chi connectivity index (χ1v) is 9.99. The number of rotatable bonds is 6. The Morgan fingerprint density at radius 2 is 1.29 bits per heavy atom. The van der Waals surface area contributed by atoms with E-state index in [2.05, 4.69) is 14.9 Å². The number of halogens is 2. The summed E-state index contributed by atoms with van der Waals surface area (Å²) in [4.78, 5) is 11.3. The van der Waals surface area contributed by atoms with Crippen molar-refractivity contribution in [1.29, 1.82) is 0 Å². The van der Waals surface area contributed by atoms with Crippen LogP contribution in [0, 0.1) is 0 Å². The lowest BCUT2D eigenvalue weighted by atomic mass is 10.1. The van der Waals surface area contributed by atoms with E-state index in [4.69, 9.17) is 28.9 Å². The Kier molecular flexibility index (Phi) is 5.62. The van der Waals surface area contributed by atoms with E-state index in [0.29, 0.717) is 16.6 Å². The van der Waals surface area contributed by atoms with Gasteiger partial charge in [-0.25, -0.2) is 0 Å². The van der Waals surface area contributed by atoms with Gasteiger partial charge in [0.25, 0.3) is 0 Å². The SMILES string of the molecule is NCCCCN(c1ccnc2cc(Cl)ccc12)c1ccnc2cc(Cl)ccc12. The average molecular weight is 411 g/mol. The molecule has 28 heavy (non-hydrogen) atoms. The van der Waals surface area contributed by atoms with Crippen LogP contribution in [0.1, 0.15) is 12.8 Å². The highest BCUT2D eigenvalue weighted by Crippen LogP contribution is 2.36. The summed E-state index contributed by atoms with van der Waals surface area (Å²) in [6.07, 6.45) is 5.58. The number of benzene rings is 2. The first-order valence-electron chi connectivity index (χ1n) is 9.23. The van der Waals surface area contributed by atoms with Crippen molar-refractivity contribution in [3.8, 4) is 0 Å². The molecule has 2 N–H and O–H groups in total. The molecular formula is C22H20Cl2N4. The van der Waals surface area contributed by atoms with Crippen LogP contribution in [0.2, 0.25) is 10.0 Å². The van der Waals surface area contributed by atoms with Gasteiger partial charge in [-0.1, -0.05) is 23.2 Å². The molecule has 0 bridgehead atoms. The number of hydrogen-bond acceptors (Lipinski definition) is 4. The van der Waals surface area contributed by atoms with Crippen molar-refractivity contribution in [2.75, 3.05) is 18.0 Å². The topological polar surface area (TPSA) is 55.0 Å². The van der Waals surface area contributed by atoms with E-state index in [-0.39, 0.29) is 0 Å². The van der Waals surface area contributed by atoms with E-state index in [0.717, 1.165) is 52.6 Å². The molecule has 0 spiro atoms. The summed E-state index contributed by atoms with van der Waals surface area (Å²) >= 11 is 12.3. The van der Waals surface area contributed by atoms with Gasteiger partial charge in [0.2, 0.25) is 0 Å². The molecule has 4 rings (SSSR count). The van der Waals surface area contributed by atoms with Crippen LogP contribution in [-0.4, -0.2) is 23.1 Å². The quantitative estimate of drug-likeness (QED) is 0.398. The second kappa shape index (κ2) is 8.31. The second-order valence-corrected chi connectivity index (χ2v) is 7.50. The van der Waals surface area contributed by atoms with Crippen LogP contribution in [-0.2, 0) is 0 Å². The molecule has 0 aliphatic heterocycles. The minimum atomic E-state index is 0.674. The summed E-state index contributed by atoms with van der Waals surface area (Å²) < 4.78 is 0. The lowest BCUT2D eigenvalue weighted by molar-refractivity contribution is 0.743. The van der Waals surface area contributed by atoms with Crippen LogP contribution in [0.4, 0.5) is 11.4 Å². The Bertz CT molecular complexity index is 1040. The van der Waals surface area contributed by atoms with E-state index in [9.17, 15) is 0 Å². The van der Waals surface area contributed by atoms with Crippen LogP contribution >= 0.6 is 23.2 Å². The van der Waals surface area contributed by atoms with Crippen molar-refractivity contribution in [2.45, 2.75) is 12.8 Å². The lowest BCUT2D eigenvalue weighted by Crippen LogP contribution is -2.20. The third-order valence-corrected chi connectivity index (χ3v) is 5.25. The normalized spacial score (nSPS) is 11.2. The lowest BCUT2D eigenvalue weighted by Gasteiger charge is -2.27. The molecule has 0 atom stereocenters. The molecule has 4 nitrogen and oxygen atoms in total. The number of anilines is 2. The summed E-state index contributed by atoms with van der Waals surface area (Å²) in [6, 6.07) is 15.7. The van der Waals surface area contributed by atoms with Crippen LogP contribution < -0.4 is 10.6 Å². The highest BCUT2D eigenvalue weighted by atomic mass is 35.5. The maximum absolute atomic E-state index is 6.17. The molecule has 0 saturated heterocycles. The molecular weight excluding hydrogens is 391 g/mol. The van der Waals surface area contributed by atoms with Gasteiger partial charge < -0.3 is 10.6 Å².